The van der Waals surface area contributed by atoms with Gasteiger partial charge in [-0.2, -0.15) is 5.10 Å². The molecule has 8 heteroatoms. The number of nitrogens with two attached hydrogens (primary N) is 1. The Kier molecular flexibility index (Phi) is 3.52. The third-order valence-electron chi connectivity index (χ3n) is 2.59. The van der Waals surface area contributed by atoms with Gasteiger partial charge in [0.1, 0.15) is 21.2 Å². The summed E-state index contributed by atoms with van der Waals surface area (Å²) in [5.74, 6) is 0.0208. The molecule has 0 radical (unpaired) electrons. The van der Waals surface area contributed by atoms with Crippen molar-refractivity contribution in [3.05, 3.63) is 24.3 Å². The number of sulfone groups is 1. The number of aromatic nitrogens is 4. The average Bonchev–Trinajstić information content (AvgIpc) is 2.68. The van der Waals surface area contributed by atoms with Gasteiger partial charge >= 0.3 is 0 Å². The fourth-order valence-electron chi connectivity index (χ4n) is 1.63. The molecule has 102 valence electrons. The summed E-state index contributed by atoms with van der Waals surface area (Å²) in [4.78, 5) is 8.32. The molecule has 0 fully saturated rings. The maximum Gasteiger partial charge on any atom is 0.149 e. The highest BCUT2D eigenvalue weighted by atomic mass is 32.2. The second kappa shape index (κ2) is 4.96. The van der Waals surface area contributed by atoms with Gasteiger partial charge in [-0.3, -0.25) is 14.6 Å². The Hall–Kier alpha value is -1.96. The van der Waals surface area contributed by atoms with Crippen molar-refractivity contribution in [2.75, 3.05) is 17.7 Å². The van der Waals surface area contributed by atoms with E-state index in [1.54, 1.807) is 18.6 Å². The molecule has 0 aliphatic carbocycles. The molecule has 0 saturated heterocycles. The van der Waals surface area contributed by atoms with Gasteiger partial charge in [0.25, 0.3) is 0 Å². The molecule has 0 unspecified atom stereocenters. The van der Waals surface area contributed by atoms with Crippen LogP contribution in [0.5, 0.6) is 0 Å². The van der Waals surface area contributed by atoms with Crippen LogP contribution in [-0.4, -0.2) is 40.2 Å². The van der Waals surface area contributed by atoms with Crippen molar-refractivity contribution in [1.29, 1.82) is 0 Å². The van der Waals surface area contributed by atoms with Gasteiger partial charge in [0.2, 0.25) is 0 Å². The summed E-state index contributed by atoms with van der Waals surface area (Å²) in [6.45, 7) is 2.08. The lowest BCUT2D eigenvalue weighted by molar-refractivity contribution is 0.586. The molecule has 0 aromatic carbocycles. The fraction of sp³-hybridized carbons (Fsp3) is 0.364. The molecule has 19 heavy (non-hydrogen) atoms. The van der Waals surface area contributed by atoms with Gasteiger partial charge in [-0.1, -0.05) is 0 Å². The maximum absolute atomic E-state index is 11.1. The minimum atomic E-state index is -3.03. The minimum Gasteiger partial charge on any atom is -0.396 e. The Labute approximate surface area is 111 Å². The smallest absolute Gasteiger partial charge is 0.149 e. The first-order valence-corrected chi connectivity index (χ1v) is 7.71. The van der Waals surface area contributed by atoms with Gasteiger partial charge < -0.3 is 5.73 Å². The zero-order valence-corrected chi connectivity index (χ0v) is 11.6. The molecule has 0 aliphatic heterocycles. The van der Waals surface area contributed by atoms with Crippen molar-refractivity contribution < 1.29 is 8.42 Å². The molecule has 2 aromatic rings. The van der Waals surface area contributed by atoms with Crippen LogP contribution >= 0.6 is 0 Å². The first-order chi connectivity index (χ1) is 8.87. The third-order valence-corrected chi connectivity index (χ3v) is 3.51. The molecule has 0 saturated carbocycles. The third kappa shape index (κ3) is 3.28. The predicted octanol–water partition coefficient (Wildman–Crippen LogP) is 0.275. The molecule has 0 bridgehead atoms. The van der Waals surface area contributed by atoms with E-state index in [4.69, 9.17) is 5.73 Å². The van der Waals surface area contributed by atoms with E-state index in [-0.39, 0.29) is 12.3 Å². The Morgan fingerprint density at radius 1 is 1.26 bits per heavy atom. The van der Waals surface area contributed by atoms with Crippen LogP contribution in [0.1, 0.15) is 5.69 Å². The van der Waals surface area contributed by atoms with Crippen LogP contribution in [0.3, 0.4) is 0 Å². The molecule has 2 aromatic heterocycles. The predicted molar refractivity (Wildman–Crippen MR) is 72.1 cm³/mol. The van der Waals surface area contributed by atoms with E-state index in [0.717, 1.165) is 5.69 Å². The zero-order valence-electron chi connectivity index (χ0n) is 10.7. The van der Waals surface area contributed by atoms with Crippen LogP contribution in [0.4, 0.5) is 5.69 Å². The lowest BCUT2D eigenvalue weighted by atomic mass is 10.2. The van der Waals surface area contributed by atoms with E-state index in [1.165, 1.54) is 10.9 Å². The Morgan fingerprint density at radius 3 is 2.58 bits per heavy atom. The van der Waals surface area contributed by atoms with Crippen LogP contribution in [0.15, 0.2) is 18.6 Å². The summed E-state index contributed by atoms with van der Waals surface area (Å²) in [5.41, 5.74) is 8.20. The normalized spacial score (nSPS) is 11.7. The van der Waals surface area contributed by atoms with Crippen molar-refractivity contribution in [3.8, 4) is 11.4 Å². The molecule has 0 spiro atoms. The summed E-state index contributed by atoms with van der Waals surface area (Å²) >= 11 is 0. The second-order valence-corrected chi connectivity index (χ2v) is 6.58. The maximum atomic E-state index is 11.1. The highest BCUT2D eigenvalue weighted by Gasteiger charge is 2.13. The van der Waals surface area contributed by atoms with Crippen molar-refractivity contribution in [3.63, 3.8) is 0 Å². The fourth-order valence-corrected chi connectivity index (χ4v) is 2.15. The summed E-state index contributed by atoms with van der Waals surface area (Å²) in [6.07, 6.45) is 5.95. The Morgan fingerprint density at radius 2 is 1.95 bits per heavy atom. The number of aryl methyl sites for hydroxylation is 2. The van der Waals surface area contributed by atoms with Crippen molar-refractivity contribution in [1.82, 2.24) is 19.7 Å². The Bertz CT molecular complexity index is 693. The lowest BCUT2D eigenvalue weighted by Gasteiger charge is -2.01. The van der Waals surface area contributed by atoms with Crippen LogP contribution in [-0.2, 0) is 16.4 Å². The molecule has 2 rings (SSSR count). The van der Waals surface area contributed by atoms with Gasteiger partial charge in [-0.05, 0) is 6.92 Å². The van der Waals surface area contributed by atoms with Gasteiger partial charge in [0.15, 0.2) is 0 Å². The summed E-state index contributed by atoms with van der Waals surface area (Å²) < 4.78 is 23.8. The van der Waals surface area contributed by atoms with Crippen LogP contribution in [0, 0.1) is 6.92 Å². The van der Waals surface area contributed by atoms with Crippen LogP contribution in [0.2, 0.25) is 0 Å². The lowest BCUT2D eigenvalue weighted by Crippen LogP contribution is -2.11. The van der Waals surface area contributed by atoms with Gasteiger partial charge in [-0.15, -0.1) is 0 Å². The first kappa shape index (κ1) is 13.5. The van der Waals surface area contributed by atoms with E-state index < -0.39 is 9.84 Å². The van der Waals surface area contributed by atoms with E-state index in [0.29, 0.717) is 17.1 Å². The Balaban J connectivity index is 2.30. The monoisotopic (exact) mass is 281 g/mol. The average molecular weight is 281 g/mol. The van der Waals surface area contributed by atoms with Gasteiger partial charge in [-0.25, -0.2) is 8.42 Å². The molecular weight excluding hydrogens is 266 g/mol. The standard InChI is InChI=1S/C11H15N5O2S/c1-8-10(14-4-3-13-8)11-9(12)7-16(15-11)5-6-19(2,17)18/h3-4,7H,5-6,12H2,1-2H3. The minimum absolute atomic E-state index is 0.0208. The largest absolute Gasteiger partial charge is 0.396 e. The first-order valence-electron chi connectivity index (χ1n) is 5.65. The van der Waals surface area contributed by atoms with Crippen LogP contribution in [0.25, 0.3) is 11.4 Å². The summed E-state index contributed by atoms with van der Waals surface area (Å²) in [5, 5.41) is 4.27. The molecule has 0 atom stereocenters. The molecule has 2 heterocycles. The van der Waals surface area contributed by atoms with E-state index >= 15 is 0 Å². The van der Waals surface area contributed by atoms with E-state index in [2.05, 4.69) is 15.1 Å². The van der Waals surface area contributed by atoms with E-state index in [9.17, 15) is 8.42 Å². The highest BCUT2D eigenvalue weighted by Crippen LogP contribution is 2.23. The molecule has 7 nitrogen and oxygen atoms in total. The topological polar surface area (TPSA) is 104 Å². The molecule has 2 N–H and O–H groups in total. The van der Waals surface area contributed by atoms with Crippen LogP contribution < -0.4 is 5.73 Å². The number of hydrogen-bond acceptors (Lipinski definition) is 6. The van der Waals surface area contributed by atoms with Crippen molar-refractivity contribution in [2.24, 2.45) is 0 Å². The van der Waals surface area contributed by atoms with Gasteiger partial charge in [0.05, 0.1) is 23.7 Å². The van der Waals surface area contributed by atoms with Crippen molar-refractivity contribution in [2.45, 2.75) is 13.5 Å². The summed E-state index contributed by atoms with van der Waals surface area (Å²) in [7, 11) is -3.03. The number of nitrogen functional groups attached to an aromatic ring is 1. The molecule has 0 aliphatic rings. The molecular formula is C11H15N5O2S. The SMILES string of the molecule is Cc1nccnc1-c1nn(CCS(C)(=O)=O)cc1N. The highest BCUT2D eigenvalue weighted by molar-refractivity contribution is 7.90. The van der Waals surface area contributed by atoms with Gasteiger partial charge in [0, 0.05) is 24.8 Å². The number of hydrogen-bond donors (Lipinski definition) is 1. The zero-order chi connectivity index (χ0) is 14.0. The summed E-state index contributed by atoms with van der Waals surface area (Å²) in [6, 6.07) is 0. The number of rotatable bonds is 4. The van der Waals surface area contributed by atoms with E-state index in [1.807, 2.05) is 6.92 Å². The second-order valence-electron chi connectivity index (χ2n) is 4.32. The quantitative estimate of drug-likeness (QED) is 0.863. The number of nitrogens with zero attached hydrogens (tertiary/aromatic N) is 4. The van der Waals surface area contributed by atoms with Crippen molar-refractivity contribution >= 4 is 15.5 Å². The number of anilines is 1. The molecule has 0 amide bonds.